The second-order valence-electron chi connectivity index (χ2n) is 5.78. The molecule has 3 rings (SSSR count). The molecular formula is C14H16Cl3NO2S. The van der Waals surface area contributed by atoms with Crippen LogP contribution in [0.25, 0.3) is 0 Å². The molecule has 1 aliphatic heterocycles. The van der Waals surface area contributed by atoms with Gasteiger partial charge in [0.2, 0.25) is 10.0 Å². The van der Waals surface area contributed by atoms with Gasteiger partial charge in [-0.1, -0.05) is 29.6 Å². The van der Waals surface area contributed by atoms with Crippen LogP contribution in [-0.4, -0.2) is 25.8 Å². The van der Waals surface area contributed by atoms with E-state index < -0.39 is 10.0 Å². The first-order valence-corrected chi connectivity index (χ1v) is 9.70. The Morgan fingerprint density at radius 1 is 1.14 bits per heavy atom. The van der Waals surface area contributed by atoms with Crippen molar-refractivity contribution >= 4 is 44.8 Å². The number of nitrogens with zero attached hydrogens (tertiary/aromatic N) is 1. The molecule has 3 nitrogen and oxygen atoms in total. The van der Waals surface area contributed by atoms with Gasteiger partial charge in [0, 0.05) is 24.0 Å². The normalized spacial score (nSPS) is 26.2. The van der Waals surface area contributed by atoms with E-state index in [4.69, 9.17) is 34.8 Å². The van der Waals surface area contributed by atoms with Crippen LogP contribution in [0.5, 0.6) is 0 Å². The molecule has 0 aromatic heterocycles. The van der Waals surface area contributed by atoms with Gasteiger partial charge in [0.15, 0.2) is 0 Å². The van der Waals surface area contributed by atoms with E-state index in [0.29, 0.717) is 35.5 Å². The third kappa shape index (κ3) is 2.81. The smallest absolute Gasteiger partial charge is 0.207 e. The Morgan fingerprint density at radius 3 is 2.33 bits per heavy atom. The monoisotopic (exact) mass is 367 g/mol. The van der Waals surface area contributed by atoms with Gasteiger partial charge in [-0.2, -0.15) is 4.31 Å². The molecule has 2 unspecified atom stereocenters. The summed E-state index contributed by atoms with van der Waals surface area (Å²) in [5.74, 6) is 1.11. The van der Waals surface area contributed by atoms with Crippen molar-refractivity contribution in [1.29, 1.82) is 0 Å². The molecule has 1 heterocycles. The molecule has 116 valence electrons. The summed E-state index contributed by atoms with van der Waals surface area (Å²) in [4.78, 5) is 0.0762. The van der Waals surface area contributed by atoms with Crippen LogP contribution < -0.4 is 0 Å². The number of fused-ring (bicyclic) bond motifs is 1. The Balaban J connectivity index is 1.97. The Hall–Kier alpha value is -0.000000000000000132. The molecule has 1 saturated carbocycles. The van der Waals surface area contributed by atoms with Crippen molar-refractivity contribution in [2.24, 2.45) is 11.8 Å². The highest BCUT2D eigenvalue weighted by Gasteiger charge is 2.42. The fourth-order valence-corrected chi connectivity index (χ4v) is 6.17. The van der Waals surface area contributed by atoms with Gasteiger partial charge in [-0.05, 0) is 42.4 Å². The molecule has 0 N–H and O–H groups in total. The maximum atomic E-state index is 12.8. The van der Waals surface area contributed by atoms with Crippen molar-refractivity contribution in [1.82, 2.24) is 4.31 Å². The van der Waals surface area contributed by atoms with Crippen LogP contribution in [0.4, 0.5) is 0 Å². The summed E-state index contributed by atoms with van der Waals surface area (Å²) in [6.45, 7) is 1.18. The predicted molar refractivity (Wildman–Crippen MR) is 85.6 cm³/mol. The van der Waals surface area contributed by atoms with Crippen LogP contribution in [-0.2, 0) is 15.9 Å². The Bertz CT molecular complexity index is 650. The van der Waals surface area contributed by atoms with E-state index in [1.807, 2.05) is 0 Å². The molecule has 0 amide bonds. The number of benzene rings is 1. The quantitative estimate of drug-likeness (QED) is 0.751. The van der Waals surface area contributed by atoms with Gasteiger partial charge in [-0.3, -0.25) is 0 Å². The Labute approximate surface area is 140 Å². The zero-order valence-electron chi connectivity index (χ0n) is 11.4. The van der Waals surface area contributed by atoms with Crippen LogP contribution in [0.2, 0.25) is 10.0 Å². The Kier molecular flexibility index (Phi) is 4.46. The third-order valence-electron chi connectivity index (χ3n) is 4.53. The van der Waals surface area contributed by atoms with Gasteiger partial charge in [0.1, 0.15) is 4.90 Å². The maximum Gasteiger partial charge on any atom is 0.244 e. The summed E-state index contributed by atoms with van der Waals surface area (Å²) < 4.78 is 27.2. The summed E-state index contributed by atoms with van der Waals surface area (Å²) >= 11 is 18.0. The molecule has 1 saturated heterocycles. The molecule has 2 atom stereocenters. The number of hydrogen-bond acceptors (Lipinski definition) is 2. The highest BCUT2D eigenvalue weighted by molar-refractivity contribution is 7.89. The molecule has 21 heavy (non-hydrogen) atoms. The van der Waals surface area contributed by atoms with Gasteiger partial charge in [0.25, 0.3) is 0 Å². The van der Waals surface area contributed by atoms with Crippen molar-refractivity contribution in [3.8, 4) is 0 Å². The molecule has 1 aliphatic carbocycles. The summed E-state index contributed by atoms with van der Waals surface area (Å²) in [7, 11) is -3.61. The van der Waals surface area contributed by atoms with Crippen LogP contribution in [0, 0.1) is 11.8 Å². The summed E-state index contributed by atoms with van der Waals surface area (Å²) in [6.07, 6.45) is 3.44. The standard InChI is InChI=1S/C14H16Cl3NO2S/c15-6-11-4-12(16)5-13(14(11)17)21(19,20)18-7-9-2-1-3-10(9)8-18/h4-5,9-10H,1-3,6-8H2. The van der Waals surface area contributed by atoms with Gasteiger partial charge >= 0.3 is 0 Å². The predicted octanol–water partition coefficient (Wildman–Crippen LogP) is 4.15. The first-order chi connectivity index (χ1) is 9.93. The average molecular weight is 369 g/mol. The van der Waals surface area contributed by atoms with Gasteiger partial charge in [-0.25, -0.2) is 8.42 Å². The molecule has 0 spiro atoms. The fourth-order valence-electron chi connectivity index (χ4n) is 3.43. The van der Waals surface area contributed by atoms with Gasteiger partial charge in [-0.15, -0.1) is 11.6 Å². The van der Waals surface area contributed by atoms with Crippen LogP contribution in [0.1, 0.15) is 24.8 Å². The van der Waals surface area contributed by atoms with E-state index in [9.17, 15) is 8.42 Å². The first kappa shape index (κ1) is 15.9. The minimum Gasteiger partial charge on any atom is -0.207 e. The highest BCUT2D eigenvalue weighted by atomic mass is 35.5. The van der Waals surface area contributed by atoms with E-state index in [-0.39, 0.29) is 15.8 Å². The van der Waals surface area contributed by atoms with Crippen LogP contribution >= 0.6 is 34.8 Å². The van der Waals surface area contributed by atoms with E-state index >= 15 is 0 Å². The fraction of sp³-hybridized carbons (Fsp3) is 0.571. The highest BCUT2D eigenvalue weighted by Crippen LogP contribution is 2.41. The number of alkyl halides is 1. The molecule has 7 heteroatoms. The largest absolute Gasteiger partial charge is 0.244 e. The third-order valence-corrected chi connectivity index (χ3v) is 7.45. The lowest BCUT2D eigenvalue weighted by molar-refractivity contribution is 0.445. The van der Waals surface area contributed by atoms with Crippen molar-refractivity contribution in [3.05, 3.63) is 27.7 Å². The molecule has 2 fully saturated rings. The topological polar surface area (TPSA) is 37.4 Å². The number of halogens is 3. The summed E-state index contributed by atoms with van der Waals surface area (Å²) in [6, 6.07) is 3.03. The van der Waals surface area contributed by atoms with E-state index in [2.05, 4.69) is 0 Å². The molecule has 0 bridgehead atoms. The molecule has 0 radical (unpaired) electrons. The zero-order valence-corrected chi connectivity index (χ0v) is 14.4. The van der Waals surface area contributed by atoms with Crippen molar-refractivity contribution in [3.63, 3.8) is 0 Å². The minimum absolute atomic E-state index is 0.0762. The zero-order chi connectivity index (χ0) is 15.2. The number of sulfonamides is 1. The Morgan fingerprint density at radius 2 is 1.76 bits per heavy atom. The van der Waals surface area contributed by atoms with Crippen molar-refractivity contribution in [2.45, 2.75) is 30.0 Å². The van der Waals surface area contributed by atoms with Gasteiger partial charge in [0.05, 0.1) is 5.02 Å². The van der Waals surface area contributed by atoms with E-state index in [0.717, 1.165) is 12.8 Å². The molecule has 1 aromatic carbocycles. The molecular weight excluding hydrogens is 353 g/mol. The lowest BCUT2D eigenvalue weighted by Crippen LogP contribution is -2.30. The first-order valence-electron chi connectivity index (χ1n) is 6.97. The lowest BCUT2D eigenvalue weighted by Gasteiger charge is -2.19. The molecule has 2 aliphatic rings. The number of rotatable bonds is 3. The second-order valence-corrected chi connectivity index (χ2v) is 8.77. The average Bonchev–Trinajstić information content (AvgIpc) is 3.01. The summed E-state index contributed by atoms with van der Waals surface area (Å²) in [5.41, 5.74) is 0.545. The van der Waals surface area contributed by atoms with Crippen molar-refractivity contribution < 1.29 is 8.42 Å². The van der Waals surface area contributed by atoms with E-state index in [1.165, 1.54) is 12.5 Å². The SMILES string of the molecule is O=S(=O)(c1cc(Cl)cc(CCl)c1Cl)N1CC2CCCC2C1. The van der Waals surface area contributed by atoms with E-state index in [1.54, 1.807) is 10.4 Å². The number of hydrogen-bond donors (Lipinski definition) is 0. The van der Waals surface area contributed by atoms with Crippen molar-refractivity contribution in [2.75, 3.05) is 13.1 Å². The van der Waals surface area contributed by atoms with Gasteiger partial charge < -0.3 is 0 Å². The molecule has 1 aromatic rings. The summed E-state index contributed by atoms with van der Waals surface area (Å²) in [5, 5.41) is 0.527. The minimum atomic E-state index is -3.61. The van der Waals surface area contributed by atoms with Crippen LogP contribution in [0.15, 0.2) is 17.0 Å². The lowest BCUT2D eigenvalue weighted by atomic mass is 10.0. The maximum absolute atomic E-state index is 12.8. The van der Waals surface area contributed by atoms with Crippen LogP contribution in [0.3, 0.4) is 0 Å². The second kappa shape index (κ2) is 5.89.